The van der Waals surface area contributed by atoms with Crippen LogP contribution in [0.2, 0.25) is 0 Å². The molecule has 0 atom stereocenters. The number of ketones is 2. The van der Waals surface area contributed by atoms with Crippen LogP contribution in [0.3, 0.4) is 0 Å². The molecule has 0 radical (unpaired) electrons. The smallest absolute Gasteiger partial charge is 0.228 e. The Labute approximate surface area is 171 Å². The van der Waals surface area contributed by atoms with Gasteiger partial charge in [-0.1, -0.05) is 24.3 Å². The van der Waals surface area contributed by atoms with E-state index in [4.69, 9.17) is 9.47 Å². The molecule has 0 N–H and O–H groups in total. The number of hydrogen-bond donors (Lipinski definition) is 0. The Hall–Kier alpha value is -2.89. The van der Waals surface area contributed by atoms with Gasteiger partial charge in [0.25, 0.3) is 0 Å². The molecule has 1 amide bonds. The summed E-state index contributed by atoms with van der Waals surface area (Å²) in [6.45, 7) is 3.32. The number of piperidine rings is 1. The second-order valence-electron chi connectivity index (χ2n) is 7.44. The maximum atomic E-state index is 12.8. The summed E-state index contributed by atoms with van der Waals surface area (Å²) in [5.41, 5.74) is 2.62. The van der Waals surface area contributed by atoms with Crippen molar-refractivity contribution in [1.82, 2.24) is 4.90 Å². The predicted octanol–water partition coefficient (Wildman–Crippen LogP) is 2.76. The summed E-state index contributed by atoms with van der Waals surface area (Å²) in [5, 5.41) is 0. The van der Waals surface area contributed by atoms with Gasteiger partial charge in [0, 0.05) is 30.7 Å². The monoisotopic (exact) mass is 397 g/mol. The molecule has 1 aromatic rings. The molecule has 29 heavy (non-hydrogen) atoms. The van der Waals surface area contributed by atoms with E-state index < -0.39 is 0 Å². The summed E-state index contributed by atoms with van der Waals surface area (Å²) in [6.07, 6.45) is 4.05. The number of Topliss-reactive ketones (excluding diaryl/α,β-unsaturated/α-hetero) is 2. The number of hydrogen-bond acceptors (Lipinski definition) is 5. The first kappa shape index (κ1) is 20.8. The minimum absolute atomic E-state index is 0.0506. The average Bonchev–Trinajstić information content (AvgIpc) is 2.75. The fourth-order valence-electron chi connectivity index (χ4n) is 3.81. The third-order valence-electron chi connectivity index (χ3n) is 5.56. The van der Waals surface area contributed by atoms with Gasteiger partial charge in [-0.25, -0.2) is 0 Å². The molecule has 2 aliphatic rings. The van der Waals surface area contributed by atoms with Crippen molar-refractivity contribution >= 4 is 17.5 Å². The molecule has 154 valence electrons. The number of rotatable bonds is 6. The molecule has 0 bridgehead atoms. The van der Waals surface area contributed by atoms with E-state index in [0.717, 1.165) is 37.1 Å². The van der Waals surface area contributed by atoms with Crippen molar-refractivity contribution in [1.29, 1.82) is 0 Å². The van der Waals surface area contributed by atoms with Crippen molar-refractivity contribution in [3.63, 3.8) is 0 Å². The molecular weight excluding hydrogens is 370 g/mol. The number of carbonyl (C=O) groups excluding carboxylic acids is 3. The van der Waals surface area contributed by atoms with Gasteiger partial charge in [0.1, 0.15) is 0 Å². The number of carbonyl (C=O) groups is 3. The summed E-state index contributed by atoms with van der Waals surface area (Å²) in [4.78, 5) is 39.6. The van der Waals surface area contributed by atoms with E-state index in [2.05, 4.69) is 0 Å². The molecule has 3 rings (SSSR count). The van der Waals surface area contributed by atoms with Gasteiger partial charge in [0.2, 0.25) is 29.0 Å². The van der Waals surface area contributed by atoms with Crippen LogP contribution < -0.4 is 0 Å². The fraction of sp³-hybridized carbons (Fsp3) is 0.435. The van der Waals surface area contributed by atoms with Crippen molar-refractivity contribution in [2.45, 2.75) is 39.0 Å². The number of ether oxygens (including phenoxy) is 2. The lowest BCUT2D eigenvalue weighted by Crippen LogP contribution is -2.36. The molecule has 1 aromatic carbocycles. The number of amides is 1. The van der Waals surface area contributed by atoms with Gasteiger partial charge < -0.3 is 14.4 Å². The first-order valence-corrected chi connectivity index (χ1v) is 9.93. The Morgan fingerprint density at radius 2 is 1.45 bits per heavy atom. The molecule has 1 saturated heterocycles. The lowest BCUT2D eigenvalue weighted by molar-refractivity contribution is -0.131. The van der Waals surface area contributed by atoms with Crippen LogP contribution in [-0.4, -0.2) is 49.7 Å². The average molecular weight is 397 g/mol. The highest BCUT2D eigenvalue weighted by Crippen LogP contribution is 2.28. The van der Waals surface area contributed by atoms with E-state index >= 15 is 0 Å². The van der Waals surface area contributed by atoms with Crippen LogP contribution in [0, 0.1) is 0 Å². The summed E-state index contributed by atoms with van der Waals surface area (Å²) in [6, 6.07) is 7.63. The van der Waals surface area contributed by atoms with Crippen LogP contribution in [0.1, 0.15) is 37.3 Å². The summed E-state index contributed by atoms with van der Waals surface area (Å²) in [5.74, 6) is -0.605. The van der Waals surface area contributed by atoms with Gasteiger partial charge in [-0.05, 0) is 37.3 Å². The molecule has 1 aliphatic carbocycles. The summed E-state index contributed by atoms with van der Waals surface area (Å²) in [7, 11) is 2.70. The Morgan fingerprint density at radius 1 is 0.897 bits per heavy atom. The topological polar surface area (TPSA) is 72.9 Å². The Balaban J connectivity index is 1.71. The Bertz CT molecular complexity index is 873. The van der Waals surface area contributed by atoms with Crippen molar-refractivity contribution in [2.75, 3.05) is 27.3 Å². The number of nitrogens with zero attached hydrogens (tertiary/aromatic N) is 1. The number of likely N-dealkylation sites (tertiary alicyclic amines) is 1. The second kappa shape index (κ2) is 9.07. The fourth-order valence-corrected chi connectivity index (χ4v) is 3.81. The standard InChI is InChI=1S/C23H27NO5/c1-15-18(21(27)23(29-3)22(28-2)20(15)26)13-16-7-9-17(10-8-16)14-19(25)24-11-5-4-6-12-24/h7-10H,4-6,11-14H2,1-3H3. The first-order chi connectivity index (χ1) is 14.0. The molecule has 6 heteroatoms. The van der Waals surface area contributed by atoms with Crippen LogP contribution in [0.5, 0.6) is 0 Å². The zero-order chi connectivity index (χ0) is 21.0. The highest BCUT2D eigenvalue weighted by molar-refractivity contribution is 6.23. The quantitative estimate of drug-likeness (QED) is 0.690. The molecular formula is C23H27NO5. The minimum atomic E-state index is -0.331. The van der Waals surface area contributed by atoms with Crippen molar-refractivity contribution in [2.24, 2.45) is 0 Å². The normalized spacial score (nSPS) is 17.7. The largest absolute Gasteiger partial charge is 0.489 e. The SMILES string of the molecule is COC1=C(OC)C(=O)C(Cc2ccc(CC(=O)N3CCCCC3)cc2)=C(C)C1=O. The van der Waals surface area contributed by atoms with Crippen LogP contribution in [0.15, 0.2) is 46.9 Å². The van der Waals surface area contributed by atoms with Gasteiger partial charge in [-0.2, -0.15) is 0 Å². The van der Waals surface area contributed by atoms with E-state index in [-0.39, 0.29) is 29.0 Å². The van der Waals surface area contributed by atoms with Gasteiger partial charge in [-0.15, -0.1) is 0 Å². The van der Waals surface area contributed by atoms with Crippen LogP contribution in [-0.2, 0) is 36.7 Å². The third-order valence-corrected chi connectivity index (χ3v) is 5.56. The lowest BCUT2D eigenvalue weighted by Gasteiger charge is -2.26. The minimum Gasteiger partial charge on any atom is -0.489 e. The maximum Gasteiger partial charge on any atom is 0.228 e. The summed E-state index contributed by atoms with van der Waals surface area (Å²) < 4.78 is 10.2. The number of allylic oxidation sites excluding steroid dienone is 2. The summed E-state index contributed by atoms with van der Waals surface area (Å²) >= 11 is 0. The first-order valence-electron chi connectivity index (χ1n) is 9.93. The third kappa shape index (κ3) is 4.42. The zero-order valence-electron chi connectivity index (χ0n) is 17.2. The van der Waals surface area contributed by atoms with E-state index in [0.29, 0.717) is 24.0 Å². The zero-order valence-corrected chi connectivity index (χ0v) is 17.2. The van der Waals surface area contributed by atoms with Crippen molar-refractivity contribution < 1.29 is 23.9 Å². The molecule has 1 aliphatic heterocycles. The maximum absolute atomic E-state index is 12.8. The van der Waals surface area contributed by atoms with Crippen molar-refractivity contribution in [3.8, 4) is 0 Å². The van der Waals surface area contributed by atoms with Gasteiger partial charge in [0.15, 0.2) is 0 Å². The molecule has 6 nitrogen and oxygen atoms in total. The second-order valence-corrected chi connectivity index (χ2v) is 7.44. The highest BCUT2D eigenvalue weighted by Gasteiger charge is 2.34. The number of methoxy groups -OCH3 is 2. The van der Waals surface area contributed by atoms with E-state index in [1.54, 1.807) is 6.92 Å². The van der Waals surface area contributed by atoms with Gasteiger partial charge in [-0.3, -0.25) is 14.4 Å². The lowest BCUT2D eigenvalue weighted by atomic mass is 9.88. The van der Waals surface area contributed by atoms with E-state index in [1.165, 1.54) is 20.6 Å². The molecule has 0 saturated carbocycles. The van der Waals surface area contributed by atoms with E-state index in [9.17, 15) is 14.4 Å². The van der Waals surface area contributed by atoms with Crippen LogP contribution in [0.25, 0.3) is 0 Å². The molecule has 1 heterocycles. The molecule has 0 spiro atoms. The molecule has 0 aromatic heterocycles. The van der Waals surface area contributed by atoms with Crippen LogP contribution >= 0.6 is 0 Å². The molecule has 1 fully saturated rings. The number of benzene rings is 1. The van der Waals surface area contributed by atoms with E-state index in [1.807, 2.05) is 29.2 Å². The van der Waals surface area contributed by atoms with Gasteiger partial charge in [0.05, 0.1) is 20.6 Å². The van der Waals surface area contributed by atoms with Crippen molar-refractivity contribution in [3.05, 3.63) is 58.1 Å². The predicted molar refractivity (Wildman–Crippen MR) is 108 cm³/mol. The molecule has 0 unspecified atom stereocenters. The Kier molecular flexibility index (Phi) is 6.52. The Morgan fingerprint density at radius 3 is 2.03 bits per heavy atom. The van der Waals surface area contributed by atoms with Crippen LogP contribution in [0.4, 0.5) is 0 Å². The van der Waals surface area contributed by atoms with Gasteiger partial charge >= 0.3 is 0 Å². The highest BCUT2D eigenvalue weighted by atomic mass is 16.5.